The van der Waals surface area contributed by atoms with Crippen molar-refractivity contribution >= 4 is 12.1 Å². The molecule has 0 radical (unpaired) electrons. The van der Waals surface area contributed by atoms with Crippen LogP contribution in [0, 0.1) is 0 Å². The number of rotatable bonds is 5. The largest absolute Gasteiger partial charge is 0.373 e. The molecule has 0 unspecified atom stereocenters. The molecule has 1 atom stereocenters. The maximum Gasteiger partial charge on any atom is 0.317 e. The van der Waals surface area contributed by atoms with E-state index in [0.717, 1.165) is 52.2 Å². The van der Waals surface area contributed by atoms with E-state index in [1.165, 1.54) is 5.56 Å². The molecule has 3 rings (SSSR count). The van der Waals surface area contributed by atoms with Crippen LogP contribution in [0.15, 0.2) is 36.4 Å². The zero-order valence-electron chi connectivity index (χ0n) is 15.1. The van der Waals surface area contributed by atoms with Gasteiger partial charge in [0.15, 0.2) is 0 Å². The van der Waals surface area contributed by atoms with E-state index in [-0.39, 0.29) is 11.6 Å². The van der Waals surface area contributed by atoms with Crippen molar-refractivity contribution in [3.63, 3.8) is 0 Å². The van der Waals surface area contributed by atoms with Gasteiger partial charge in [0.2, 0.25) is 0 Å². The van der Waals surface area contributed by atoms with Gasteiger partial charge in [-0.15, -0.1) is 0 Å². The number of carbonyl (C=O) groups excluding carboxylic acids is 1. The third kappa shape index (κ3) is 5.31. The number of amides is 2. The Labute approximate surface area is 150 Å². The van der Waals surface area contributed by atoms with Crippen LogP contribution in [0.1, 0.15) is 25.3 Å². The van der Waals surface area contributed by atoms with Gasteiger partial charge in [-0.3, -0.25) is 4.90 Å². The minimum Gasteiger partial charge on any atom is -0.373 e. The van der Waals surface area contributed by atoms with E-state index in [4.69, 9.17) is 4.74 Å². The number of hydrogen-bond acceptors (Lipinski definition) is 3. The smallest absolute Gasteiger partial charge is 0.317 e. The van der Waals surface area contributed by atoms with E-state index in [2.05, 4.69) is 41.4 Å². The maximum absolute atomic E-state index is 12.3. The second kappa shape index (κ2) is 8.50. The minimum atomic E-state index is -0.181. The molecular weight excluding hydrogens is 314 g/mol. The van der Waals surface area contributed by atoms with Crippen LogP contribution >= 0.6 is 0 Å². The summed E-state index contributed by atoms with van der Waals surface area (Å²) in [7, 11) is 0. The number of urea groups is 1. The van der Waals surface area contributed by atoms with Crippen LogP contribution in [0.4, 0.5) is 4.79 Å². The number of carbonyl (C=O) groups is 1. The average Bonchev–Trinajstić information content (AvgIpc) is 3.08. The van der Waals surface area contributed by atoms with Gasteiger partial charge < -0.3 is 15.0 Å². The lowest BCUT2D eigenvalue weighted by molar-refractivity contribution is 0.0214. The van der Waals surface area contributed by atoms with E-state index in [1.54, 1.807) is 0 Å². The van der Waals surface area contributed by atoms with Crippen LogP contribution < -0.4 is 5.32 Å². The summed E-state index contributed by atoms with van der Waals surface area (Å²) in [5.74, 6) is 0. The molecule has 1 aromatic carbocycles. The molecular formula is C20H29N3O2. The van der Waals surface area contributed by atoms with Crippen molar-refractivity contribution in [2.75, 3.05) is 45.9 Å². The third-order valence-electron chi connectivity index (χ3n) is 5.05. The monoisotopic (exact) mass is 343 g/mol. The highest BCUT2D eigenvalue weighted by Gasteiger charge is 2.31. The lowest BCUT2D eigenvalue weighted by atomic mass is 10.0. The van der Waals surface area contributed by atoms with Crippen molar-refractivity contribution in [1.82, 2.24) is 15.1 Å². The summed E-state index contributed by atoms with van der Waals surface area (Å²) in [4.78, 5) is 16.6. The molecule has 0 aromatic heterocycles. The molecule has 1 aromatic rings. The Balaban J connectivity index is 1.36. The fourth-order valence-electron chi connectivity index (χ4n) is 3.39. The third-order valence-corrected chi connectivity index (χ3v) is 5.05. The number of piperazine rings is 1. The zero-order chi connectivity index (χ0) is 17.5. The number of ether oxygens (including phenoxy) is 1. The predicted octanol–water partition coefficient (Wildman–Crippen LogP) is 2.60. The first-order valence-electron chi connectivity index (χ1n) is 9.25. The minimum absolute atomic E-state index is 0.0382. The van der Waals surface area contributed by atoms with Gasteiger partial charge in [0.25, 0.3) is 0 Å². The topological polar surface area (TPSA) is 44.8 Å². The Morgan fingerprint density at radius 1 is 1.24 bits per heavy atom. The van der Waals surface area contributed by atoms with Crippen molar-refractivity contribution in [2.45, 2.75) is 25.4 Å². The van der Waals surface area contributed by atoms with Gasteiger partial charge in [-0.1, -0.05) is 42.5 Å². The summed E-state index contributed by atoms with van der Waals surface area (Å²) in [6.45, 7) is 7.81. The van der Waals surface area contributed by atoms with Gasteiger partial charge in [0, 0.05) is 45.9 Å². The normalized spacial score (nSPS) is 24.8. The highest BCUT2D eigenvalue weighted by molar-refractivity contribution is 5.74. The molecule has 2 amide bonds. The lowest BCUT2D eigenvalue weighted by Crippen LogP contribution is -2.53. The Morgan fingerprint density at radius 2 is 2.00 bits per heavy atom. The van der Waals surface area contributed by atoms with Crippen LogP contribution in [0.5, 0.6) is 0 Å². The van der Waals surface area contributed by atoms with Gasteiger partial charge in [0.1, 0.15) is 0 Å². The summed E-state index contributed by atoms with van der Waals surface area (Å²) in [5, 5.41) is 3.04. The quantitative estimate of drug-likeness (QED) is 0.894. The molecule has 0 spiro atoms. The molecule has 1 N–H and O–H groups in total. The Morgan fingerprint density at radius 3 is 2.68 bits per heavy atom. The first kappa shape index (κ1) is 18.0. The fraction of sp³-hybridized carbons (Fsp3) is 0.550. The van der Waals surface area contributed by atoms with Gasteiger partial charge >= 0.3 is 6.03 Å². The van der Waals surface area contributed by atoms with Gasteiger partial charge in [-0.25, -0.2) is 4.79 Å². The SMILES string of the molecule is C[C@]1(CNC(=O)N2CCN(C/C=C/c3ccccc3)CC2)CCCO1. The molecule has 2 heterocycles. The molecule has 0 aliphatic carbocycles. The number of hydrogen-bond donors (Lipinski definition) is 1. The highest BCUT2D eigenvalue weighted by Crippen LogP contribution is 2.23. The predicted molar refractivity (Wildman–Crippen MR) is 100 cm³/mol. The van der Waals surface area contributed by atoms with E-state index in [1.807, 2.05) is 23.1 Å². The summed E-state index contributed by atoms with van der Waals surface area (Å²) in [6.07, 6.45) is 6.46. The van der Waals surface area contributed by atoms with Crippen LogP contribution in [0.25, 0.3) is 6.08 Å². The number of nitrogens with one attached hydrogen (secondary N) is 1. The average molecular weight is 343 g/mol. The number of nitrogens with zero attached hydrogens (tertiary/aromatic N) is 2. The van der Waals surface area contributed by atoms with Crippen LogP contribution in [-0.2, 0) is 4.74 Å². The molecule has 5 heteroatoms. The second-order valence-electron chi connectivity index (χ2n) is 7.16. The highest BCUT2D eigenvalue weighted by atomic mass is 16.5. The fourth-order valence-corrected chi connectivity index (χ4v) is 3.39. The first-order chi connectivity index (χ1) is 12.1. The Kier molecular flexibility index (Phi) is 6.10. The van der Waals surface area contributed by atoms with E-state index in [9.17, 15) is 4.79 Å². The molecule has 2 aliphatic rings. The molecule has 2 saturated heterocycles. The molecule has 2 fully saturated rings. The van der Waals surface area contributed by atoms with E-state index < -0.39 is 0 Å². The summed E-state index contributed by atoms with van der Waals surface area (Å²) < 4.78 is 5.73. The van der Waals surface area contributed by atoms with E-state index in [0.29, 0.717) is 6.54 Å². The van der Waals surface area contributed by atoms with Crippen LogP contribution in [-0.4, -0.2) is 67.3 Å². The van der Waals surface area contributed by atoms with Crippen LogP contribution in [0.3, 0.4) is 0 Å². The molecule has 25 heavy (non-hydrogen) atoms. The second-order valence-corrected chi connectivity index (χ2v) is 7.16. The molecule has 0 saturated carbocycles. The van der Waals surface area contributed by atoms with Crippen molar-refractivity contribution in [3.05, 3.63) is 42.0 Å². The van der Waals surface area contributed by atoms with Crippen molar-refractivity contribution in [2.24, 2.45) is 0 Å². The maximum atomic E-state index is 12.3. The molecule has 2 aliphatic heterocycles. The standard InChI is InChI=1S/C20H29N3O2/c1-20(10-6-16-25-20)17-21-19(24)23-14-12-22(13-15-23)11-5-9-18-7-3-2-4-8-18/h2-5,7-9H,6,10-17H2,1H3,(H,21,24)/b9-5+/t20-/m1/s1. The van der Waals surface area contributed by atoms with Gasteiger partial charge in [-0.2, -0.15) is 0 Å². The molecule has 0 bridgehead atoms. The summed E-state index contributed by atoms with van der Waals surface area (Å²) in [6, 6.07) is 10.4. The Hall–Kier alpha value is -1.85. The van der Waals surface area contributed by atoms with Crippen molar-refractivity contribution in [1.29, 1.82) is 0 Å². The Bertz CT molecular complexity index is 574. The van der Waals surface area contributed by atoms with E-state index >= 15 is 0 Å². The van der Waals surface area contributed by atoms with Crippen molar-refractivity contribution in [3.8, 4) is 0 Å². The first-order valence-corrected chi connectivity index (χ1v) is 9.25. The van der Waals surface area contributed by atoms with Gasteiger partial charge in [-0.05, 0) is 25.3 Å². The number of benzene rings is 1. The summed E-state index contributed by atoms with van der Waals surface area (Å²) in [5.41, 5.74) is 1.04. The molecule has 5 nitrogen and oxygen atoms in total. The van der Waals surface area contributed by atoms with Gasteiger partial charge in [0.05, 0.1) is 5.60 Å². The zero-order valence-corrected chi connectivity index (χ0v) is 15.1. The van der Waals surface area contributed by atoms with Crippen molar-refractivity contribution < 1.29 is 9.53 Å². The summed E-state index contributed by atoms with van der Waals surface area (Å²) >= 11 is 0. The van der Waals surface area contributed by atoms with Crippen LogP contribution in [0.2, 0.25) is 0 Å². The lowest BCUT2D eigenvalue weighted by Gasteiger charge is -2.35. The molecule has 136 valence electrons.